The van der Waals surface area contributed by atoms with Crippen molar-refractivity contribution in [3.63, 3.8) is 0 Å². The van der Waals surface area contributed by atoms with Crippen LogP contribution >= 0.6 is 0 Å². The van der Waals surface area contributed by atoms with E-state index in [4.69, 9.17) is 4.74 Å². The summed E-state index contributed by atoms with van der Waals surface area (Å²) in [6, 6.07) is 7.14. The molecule has 1 saturated heterocycles. The molecule has 1 amide bonds. The van der Waals surface area contributed by atoms with E-state index in [0.29, 0.717) is 49.4 Å². The zero-order chi connectivity index (χ0) is 24.8. The number of benzene rings is 2. The second-order valence-electron chi connectivity index (χ2n) is 8.26. The van der Waals surface area contributed by atoms with E-state index < -0.39 is 29.5 Å². The fraction of sp³-hybridized carbons (Fsp3) is 0.440. The molecule has 9 heteroatoms. The molecule has 0 saturated carbocycles. The van der Waals surface area contributed by atoms with Crippen molar-refractivity contribution in [3.8, 4) is 0 Å². The molecule has 0 aliphatic carbocycles. The maximum Gasteiger partial charge on any atom is 0.324 e. The number of piperazine rings is 1. The molecule has 1 aliphatic heterocycles. The molecule has 0 bridgehead atoms. The molecular formula is C25H30F3N3O3. The Bertz CT molecular complexity index is 1010. The summed E-state index contributed by atoms with van der Waals surface area (Å²) in [5.74, 6) is -2.45. The van der Waals surface area contributed by atoms with Gasteiger partial charge in [0, 0.05) is 50.9 Å². The molecule has 2 aromatic rings. The topological polar surface area (TPSA) is 53.1 Å². The minimum Gasteiger partial charge on any atom is -0.468 e. The van der Waals surface area contributed by atoms with E-state index >= 15 is 4.39 Å². The second kappa shape index (κ2) is 11.4. The lowest BCUT2D eigenvalue weighted by Gasteiger charge is -2.41. The van der Waals surface area contributed by atoms with Gasteiger partial charge in [0.1, 0.15) is 23.5 Å². The Balaban J connectivity index is 1.80. The minimum absolute atomic E-state index is 0.0645. The third-order valence-electron chi connectivity index (χ3n) is 5.94. The lowest BCUT2D eigenvalue weighted by molar-refractivity contribution is -0.147. The largest absolute Gasteiger partial charge is 0.468 e. The van der Waals surface area contributed by atoms with Crippen molar-refractivity contribution in [2.24, 2.45) is 0 Å². The van der Waals surface area contributed by atoms with Gasteiger partial charge in [0.25, 0.3) is 0 Å². The minimum atomic E-state index is -0.748. The highest BCUT2D eigenvalue weighted by atomic mass is 19.1. The van der Waals surface area contributed by atoms with Crippen molar-refractivity contribution in [1.82, 2.24) is 4.90 Å². The van der Waals surface area contributed by atoms with Gasteiger partial charge in [-0.3, -0.25) is 14.5 Å². The summed E-state index contributed by atoms with van der Waals surface area (Å²) < 4.78 is 47.3. The second-order valence-corrected chi connectivity index (χ2v) is 8.26. The maximum atomic E-state index is 15.1. The molecule has 6 nitrogen and oxygen atoms in total. The van der Waals surface area contributed by atoms with Crippen molar-refractivity contribution in [2.45, 2.75) is 39.3 Å². The van der Waals surface area contributed by atoms with E-state index in [1.54, 1.807) is 26.8 Å². The third-order valence-corrected chi connectivity index (χ3v) is 5.94. The van der Waals surface area contributed by atoms with Gasteiger partial charge in [-0.2, -0.15) is 0 Å². The number of nitrogens with zero attached hydrogens (tertiary/aromatic N) is 3. The van der Waals surface area contributed by atoms with Crippen molar-refractivity contribution in [2.75, 3.05) is 43.1 Å². The van der Waals surface area contributed by atoms with Crippen LogP contribution in [0.5, 0.6) is 0 Å². The molecule has 1 unspecified atom stereocenters. The van der Waals surface area contributed by atoms with Gasteiger partial charge in [0.05, 0.1) is 12.8 Å². The van der Waals surface area contributed by atoms with Crippen LogP contribution in [0.1, 0.15) is 32.3 Å². The Morgan fingerprint density at radius 1 is 1.06 bits per heavy atom. The van der Waals surface area contributed by atoms with E-state index in [1.165, 1.54) is 25.3 Å². The van der Waals surface area contributed by atoms with E-state index in [9.17, 15) is 18.4 Å². The standard InChI is InChI=1S/C25H30F3N3O3/c1-4-6-24(32)31(5-2)20-7-8-22(21(28)14-20)30-10-9-29(23(16-30)25(33)34-3)15-17-11-18(26)13-19(27)12-17/h7-8,11-14,23H,4-6,9-10,15-16H2,1-3H3. The third kappa shape index (κ3) is 5.88. The van der Waals surface area contributed by atoms with Crippen LogP contribution in [-0.4, -0.2) is 56.1 Å². The predicted octanol–water partition coefficient (Wildman–Crippen LogP) is 4.12. The monoisotopic (exact) mass is 477 g/mol. The number of hydrogen-bond acceptors (Lipinski definition) is 5. The van der Waals surface area contributed by atoms with Crippen LogP contribution in [0.15, 0.2) is 36.4 Å². The number of methoxy groups -OCH3 is 1. The first-order valence-electron chi connectivity index (χ1n) is 11.4. The van der Waals surface area contributed by atoms with Crippen molar-refractivity contribution in [1.29, 1.82) is 0 Å². The van der Waals surface area contributed by atoms with Crippen molar-refractivity contribution in [3.05, 3.63) is 59.4 Å². The van der Waals surface area contributed by atoms with Gasteiger partial charge in [-0.1, -0.05) is 6.92 Å². The number of hydrogen-bond donors (Lipinski definition) is 0. The van der Waals surface area contributed by atoms with Crippen LogP contribution in [0.25, 0.3) is 0 Å². The molecule has 184 valence electrons. The van der Waals surface area contributed by atoms with Gasteiger partial charge >= 0.3 is 5.97 Å². The van der Waals surface area contributed by atoms with Crippen molar-refractivity contribution < 1.29 is 27.5 Å². The summed E-state index contributed by atoms with van der Waals surface area (Å²) >= 11 is 0. The Morgan fingerprint density at radius 3 is 2.35 bits per heavy atom. The summed E-state index contributed by atoms with van der Waals surface area (Å²) in [6.45, 7) is 5.23. The SMILES string of the molecule is CCCC(=O)N(CC)c1ccc(N2CCN(Cc3cc(F)cc(F)c3)C(C(=O)OC)C2)c(F)c1. The van der Waals surface area contributed by atoms with Crippen LogP contribution in [0.4, 0.5) is 24.5 Å². The number of halogens is 3. The zero-order valence-electron chi connectivity index (χ0n) is 19.7. The van der Waals surface area contributed by atoms with E-state index in [-0.39, 0.29) is 19.0 Å². The van der Waals surface area contributed by atoms with Gasteiger partial charge in [-0.15, -0.1) is 0 Å². The molecule has 34 heavy (non-hydrogen) atoms. The number of anilines is 2. The van der Waals surface area contributed by atoms with Crippen LogP contribution in [0.2, 0.25) is 0 Å². The quantitative estimate of drug-likeness (QED) is 0.536. The maximum absolute atomic E-state index is 15.1. The molecule has 0 radical (unpaired) electrons. The predicted molar refractivity (Wildman–Crippen MR) is 124 cm³/mol. The summed E-state index contributed by atoms with van der Waals surface area (Å²) in [4.78, 5) is 29.9. The smallest absolute Gasteiger partial charge is 0.324 e. The normalized spacial score (nSPS) is 16.4. The highest BCUT2D eigenvalue weighted by Gasteiger charge is 2.34. The Labute approximate surface area is 197 Å². The van der Waals surface area contributed by atoms with Crippen LogP contribution in [0.3, 0.4) is 0 Å². The number of rotatable bonds is 8. The Morgan fingerprint density at radius 2 is 1.76 bits per heavy atom. The van der Waals surface area contributed by atoms with E-state index in [2.05, 4.69) is 0 Å². The van der Waals surface area contributed by atoms with E-state index in [1.807, 2.05) is 13.8 Å². The molecule has 1 fully saturated rings. The zero-order valence-corrected chi connectivity index (χ0v) is 19.7. The number of carbonyl (C=O) groups is 2. The van der Waals surface area contributed by atoms with Gasteiger partial charge in [-0.25, -0.2) is 13.2 Å². The average molecular weight is 478 g/mol. The highest BCUT2D eigenvalue weighted by molar-refractivity contribution is 5.93. The first-order chi connectivity index (χ1) is 16.3. The molecule has 1 atom stereocenters. The molecular weight excluding hydrogens is 447 g/mol. The molecule has 0 N–H and O–H groups in total. The van der Waals surface area contributed by atoms with Crippen LogP contribution in [0, 0.1) is 17.5 Å². The van der Waals surface area contributed by atoms with Gasteiger partial charge in [0.15, 0.2) is 0 Å². The molecule has 1 aliphatic rings. The van der Waals surface area contributed by atoms with Gasteiger partial charge in [-0.05, 0) is 49.2 Å². The lowest BCUT2D eigenvalue weighted by atomic mass is 10.1. The molecule has 2 aromatic carbocycles. The lowest BCUT2D eigenvalue weighted by Crippen LogP contribution is -2.56. The Kier molecular flexibility index (Phi) is 8.55. The first kappa shape index (κ1) is 25.6. The number of ether oxygens (including phenoxy) is 1. The van der Waals surface area contributed by atoms with Gasteiger partial charge in [0.2, 0.25) is 5.91 Å². The average Bonchev–Trinajstić information content (AvgIpc) is 2.79. The van der Waals surface area contributed by atoms with E-state index in [0.717, 1.165) is 6.07 Å². The fourth-order valence-corrected chi connectivity index (χ4v) is 4.30. The summed E-state index contributed by atoms with van der Waals surface area (Å²) in [5, 5.41) is 0. The number of carbonyl (C=O) groups excluding carboxylic acids is 2. The molecule has 1 heterocycles. The molecule has 0 spiro atoms. The summed E-state index contributed by atoms with van der Waals surface area (Å²) in [7, 11) is 1.27. The first-order valence-corrected chi connectivity index (χ1v) is 11.4. The fourth-order valence-electron chi connectivity index (χ4n) is 4.30. The van der Waals surface area contributed by atoms with Crippen LogP contribution < -0.4 is 9.80 Å². The summed E-state index contributed by atoms with van der Waals surface area (Å²) in [5.41, 5.74) is 1.19. The summed E-state index contributed by atoms with van der Waals surface area (Å²) in [6.07, 6.45) is 1.09. The van der Waals surface area contributed by atoms with Gasteiger partial charge < -0.3 is 14.5 Å². The Hall–Kier alpha value is -3.07. The van der Waals surface area contributed by atoms with Crippen molar-refractivity contribution >= 4 is 23.3 Å². The molecule has 0 aromatic heterocycles. The molecule has 3 rings (SSSR count). The number of amides is 1. The van der Waals surface area contributed by atoms with Crippen LogP contribution in [-0.2, 0) is 20.9 Å². The highest BCUT2D eigenvalue weighted by Crippen LogP contribution is 2.28. The number of esters is 1.